The highest BCUT2D eigenvalue weighted by Gasteiger charge is 2.15. The van der Waals surface area contributed by atoms with Crippen molar-refractivity contribution >= 4 is 5.78 Å². The largest absolute Gasteiger partial charge is 0.494 e. The van der Waals surface area contributed by atoms with E-state index in [2.05, 4.69) is 0 Å². The lowest BCUT2D eigenvalue weighted by Crippen LogP contribution is -2.04. The van der Waals surface area contributed by atoms with Gasteiger partial charge in [0.05, 0.1) is 12.7 Å². The minimum atomic E-state index is -0.465. The molecule has 2 rings (SSSR count). The molecule has 0 saturated heterocycles. The fourth-order valence-electron chi connectivity index (χ4n) is 2.01. The van der Waals surface area contributed by atoms with Crippen molar-refractivity contribution < 1.29 is 18.3 Å². The number of carbonyl (C=O) groups excluding carboxylic acids is 1. The van der Waals surface area contributed by atoms with Gasteiger partial charge in [-0.1, -0.05) is 6.07 Å². The molecule has 0 N–H and O–H groups in total. The SMILES string of the molecule is COc1ccc(CC(=O)c2cc(C)oc2C)cc1F. The summed E-state index contributed by atoms with van der Waals surface area (Å²) in [5.41, 5.74) is 1.16. The smallest absolute Gasteiger partial charge is 0.170 e. The van der Waals surface area contributed by atoms with E-state index in [1.807, 2.05) is 0 Å². The Kier molecular flexibility index (Phi) is 3.69. The van der Waals surface area contributed by atoms with E-state index in [0.717, 1.165) is 0 Å². The van der Waals surface area contributed by atoms with Gasteiger partial charge >= 0.3 is 0 Å². The molecule has 19 heavy (non-hydrogen) atoms. The Hall–Kier alpha value is -2.10. The number of methoxy groups -OCH3 is 1. The Balaban J connectivity index is 2.19. The molecule has 2 aromatic rings. The Morgan fingerprint density at radius 1 is 1.32 bits per heavy atom. The lowest BCUT2D eigenvalue weighted by molar-refractivity contribution is 0.0991. The predicted molar refractivity (Wildman–Crippen MR) is 69.2 cm³/mol. The van der Waals surface area contributed by atoms with Crippen LogP contribution in [0.4, 0.5) is 4.39 Å². The average molecular weight is 262 g/mol. The van der Waals surface area contributed by atoms with Crippen molar-refractivity contribution in [3.05, 3.63) is 52.7 Å². The quantitative estimate of drug-likeness (QED) is 0.792. The molecule has 0 unspecified atom stereocenters. The summed E-state index contributed by atoms with van der Waals surface area (Å²) < 4.78 is 23.7. The summed E-state index contributed by atoms with van der Waals surface area (Å²) in [6, 6.07) is 6.23. The van der Waals surface area contributed by atoms with E-state index in [1.165, 1.54) is 19.2 Å². The van der Waals surface area contributed by atoms with Gasteiger partial charge in [-0.05, 0) is 37.6 Å². The minimum absolute atomic E-state index is 0.0843. The molecule has 0 aliphatic heterocycles. The molecule has 0 fully saturated rings. The second kappa shape index (κ2) is 5.26. The van der Waals surface area contributed by atoms with Crippen LogP contribution in [0.3, 0.4) is 0 Å². The third kappa shape index (κ3) is 2.84. The van der Waals surface area contributed by atoms with Crippen LogP contribution in [0.2, 0.25) is 0 Å². The highest BCUT2D eigenvalue weighted by Crippen LogP contribution is 2.20. The lowest BCUT2D eigenvalue weighted by Gasteiger charge is -2.04. The lowest BCUT2D eigenvalue weighted by atomic mass is 10.0. The first kappa shape index (κ1) is 13.3. The molecule has 100 valence electrons. The number of hydrogen-bond donors (Lipinski definition) is 0. The van der Waals surface area contributed by atoms with Crippen LogP contribution in [-0.2, 0) is 6.42 Å². The number of furan rings is 1. The first-order valence-electron chi connectivity index (χ1n) is 5.94. The fourth-order valence-corrected chi connectivity index (χ4v) is 2.01. The second-order valence-electron chi connectivity index (χ2n) is 4.40. The first-order valence-corrected chi connectivity index (χ1v) is 5.94. The number of halogens is 1. The van der Waals surface area contributed by atoms with E-state index in [0.29, 0.717) is 22.6 Å². The number of hydrogen-bond acceptors (Lipinski definition) is 3. The summed E-state index contributed by atoms with van der Waals surface area (Å²) in [5.74, 6) is 0.914. The second-order valence-corrected chi connectivity index (χ2v) is 4.40. The van der Waals surface area contributed by atoms with Gasteiger partial charge in [0, 0.05) is 6.42 Å². The van der Waals surface area contributed by atoms with Crippen molar-refractivity contribution in [3.63, 3.8) is 0 Å². The fraction of sp³-hybridized carbons (Fsp3) is 0.267. The molecule has 0 atom stereocenters. The Labute approximate surface area is 111 Å². The van der Waals surface area contributed by atoms with Gasteiger partial charge in [0.2, 0.25) is 0 Å². The van der Waals surface area contributed by atoms with E-state index >= 15 is 0 Å². The van der Waals surface area contributed by atoms with Gasteiger partial charge in [-0.15, -0.1) is 0 Å². The van der Waals surface area contributed by atoms with Crippen LogP contribution in [0.25, 0.3) is 0 Å². The van der Waals surface area contributed by atoms with Gasteiger partial charge in [0.25, 0.3) is 0 Å². The maximum absolute atomic E-state index is 13.5. The third-order valence-electron chi connectivity index (χ3n) is 2.92. The molecule has 3 nitrogen and oxygen atoms in total. The molecule has 0 radical (unpaired) electrons. The monoisotopic (exact) mass is 262 g/mol. The summed E-state index contributed by atoms with van der Waals surface area (Å²) in [7, 11) is 1.40. The number of aryl methyl sites for hydroxylation is 2. The van der Waals surface area contributed by atoms with Gasteiger partial charge in [-0.25, -0.2) is 4.39 Å². The molecule has 1 aromatic heterocycles. The predicted octanol–water partition coefficient (Wildman–Crippen LogP) is 3.47. The molecule has 1 heterocycles. The van der Waals surface area contributed by atoms with Crippen LogP contribution in [0, 0.1) is 19.7 Å². The van der Waals surface area contributed by atoms with Crippen molar-refractivity contribution in [3.8, 4) is 5.75 Å². The zero-order valence-corrected chi connectivity index (χ0v) is 11.1. The number of benzene rings is 1. The van der Waals surface area contributed by atoms with Gasteiger partial charge in [-0.3, -0.25) is 4.79 Å². The standard InChI is InChI=1S/C15H15FO3/c1-9-6-12(10(2)19-9)14(17)8-11-4-5-15(18-3)13(16)7-11/h4-7H,8H2,1-3H3. The Morgan fingerprint density at radius 2 is 2.05 bits per heavy atom. The first-order chi connectivity index (χ1) is 9.01. The summed E-state index contributed by atoms with van der Waals surface area (Å²) in [6.07, 6.45) is 0.140. The van der Waals surface area contributed by atoms with Gasteiger partial charge < -0.3 is 9.15 Å². The van der Waals surface area contributed by atoms with Crippen molar-refractivity contribution in [2.75, 3.05) is 7.11 Å². The van der Waals surface area contributed by atoms with E-state index in [-0.39, 0.29) is 18.0 Å². The molecular weight excluding hydrogens is 247 g/mol. The Bertz CT molecular complexity index is 614. The van der Waals surface area contributed by atoms with Gasteiger partial charge in [0.1, 0.15) is 11.5 Å². The van der Waals surface area contributed by atoms with Crippen molar-refractivity contribution in [2.24, 2.45) is 0 Å². The van der Waals surface area contributed by atoms with E-state index < -0.39 is 5.82 Å². The number of Topliss-reactive ketones (excluding diaryl/α,β-unsaturated/α-hetero) is 1. The van der Waals surface area contributed by atoms with Gasteiger partial charge in [0.15, 0.2) is 17.3 Å². The van der Waals surface area contributed by atoms with Crippen LogP contribution < -0.4 is 4.74 Å². The molecule has 1 aromatic carbocycles. The number of ether oxygens (including phenoxy) is 1. The molecule has 0 spiro atoms. The van der Waals surface area contributed by atoms with E-state index in [9.17, 15) is 9.18 Å². The zero-order valence-electron chi connectivity index (χ0n) is 11.1. The van der Waals surface area contributed by atoms with Crippen LogP contribution in [0.15, 0.2) is 28.7 Å². The van der Waals surface area contributed by atoms with Crippen molar-refractivity contribution in [2.45, 2.75) is 20.3 Å². The van der Waals surface area contributed by atoms with Crippen LogP contribution in [0.5, 0.6) is 5.75 Å². The van der Waals surface area contributed by atoms with Crippen molar-refractivity contribution in [1.29, 1.82) is 0 Å². The normalized spacial score (nSPS) is 10.5. The number of ketones is 1. The summed E-state index contributed by atoms with van der Waals surface area (Å²) in [4.78, 5) is 12.1. The average Bonchev–Trinajstić information content (AvgIpc) is 2.69. The van der Waals surface area contributed by atoms with Crippen LogP contribution in [-0.4, -0.2) is 12.9 Å². The molecule has 0 bridgehead atoms. The zero-order chi connectivity index (χ0) is 14.0. The number of rotatable bonds is 4. The van der Waals surface area contributed by atoms with Crippen LogP contribution in [0.1, 0.15) is 27.4 Å². The topological polar surface area (TPSA) is 39.4 Å². The van der Waals surface area contributed by atoms with Crippen molar-refractivity contribution in [1.82, 2.24) is 0 Å². The number of carbonyl (C=O) groups is 1. The highest BCUT2D eigenvalue weighted by atomic mass is 19.1. The molecule has 0 amide bonds. The maximum atomic E-state index is 13.5. The Morgan fingerprint density at radius 3 is 2.58 bits per heavy atom. The van der Waals surface area contributed by atoms with E-state index in [4.69, 9.17) is 9.15 Å². The van der Waals surface area contributed by atoms with Gasteiger partial charge in [-0.2, -0.15) is 0 Å². The van der Waals surface area contributed by atoms with E-state index in [1.54, 1.807) is 26.0 Å². The highest BCUT2D eigenvalue weighted by molar-refractivity contribution is 5.98. The molecular formula is C15H15FO3. The third-order valence-corrected chi connectivity index (χ3v) is 2.92. The summed E-state index contributed by atoms with van der Waals surface area (Å²) >= 11 is 0. The summed E-state index contributed by atoms with van der Waals surface area (Å²) in [6.45, 7) is 3.53. The molecule has 0 saturated carbocycles. The molecule has 0 aliphatic carbocycles. The minimum Gasteiger partial charge on any atom is -0.494 e. The summed E-state index contributed by atoms with van der Waals surface area (Å²) in [5, 5.41) is 0. The maximum Gasteiger partial charge on any atom is 0.170 e. The molecule has 4 heteroatoms. The molecule has 0 aliphatic rings. The van der Waals surface area contributed by atoms with Crippen LogP contribution >= 0.6 is 0 Å².